The molecule has 1 aliphatic rings. The summed E-state index contributed by atoms with van der Waals surface area (Å²) in [5.41, 5.74) is 0.452. The van der Waals surface area contributed by atoms with Gasteiger partial charge in [-0.25, -0.2) is 9.50 Å². The molecule has 0 spiro atoms. The van der Waals surface area contributed by atoms with Gasteiger partial charge in [-0.2, -0.15) is 4.98 Å². The highest BCUT2D eigenvalue weighted by atomic mass is 35.5. The Morgan fingerprint density at radius 3 is 2.81 bits per heavy atom. The second-order valence-electron chi connectivity index (χ2n) is 6.16. The fourth-order valence-electron chi connectivity index (χ4n) is 2.96. The number of carbonyl (C=O) groups is 2. The third kappa shape index (κ3) is 3.81. The van der Waals surface area contributed by atoms with Gasteiger partial charge in [-0.15, -0.1) is 5.10 Å². The zero-order chi connectivity index (χ0) is 18.8. The predicted molar refractivity (Wildman–Crippen MR) is 102 cm³/mol. The summed E-state index contributed by atoms with van der Waals surface area (Å²) in [5, 5.41) is 4.97. The normalized spacial score (nSPS) is 17.9. The number of thioether (sulfide) groups is 1. The number of likely N-dealkylation sites (tertiary alicyclic amines) is 1. The minimum atomic E-state index is -0.402. The lowest BCUT2D eigenvalue weighted by molar-refractivity contribution is -0.127. The molecule has 0 saturated carbocycles. The molecule has 0 radical (unpaired) electrons. The van der Waals surface area contributed by atoms with Crippen molar-refractivity contribution in [1.82, 2.24) is 24.5 Å². The van der Waals surface area contributed by atoms with Crippen LogP contribution in [0.25, 0.3) is 5.78 Å². The second-order valence-corrected chi connectivity index (χ2v) is 7.77. The van der Waals surface area contributed by atoms with Gasteiger partial charge in [-0.1, -0.05) is 29.8 Å². The van der Waals surface area contributed by atoms with Gasteiger partial charge in [0.05, 0.1) is 5.25 Å². The summed E-state index contributed by atoms with van der Waals surface area (Å²) < 4.78 is 1.57. The highest BCUT2D eigenvalue weighted by Crippen LogP contribution is 2.29. The molecule has 1 atom stereocenters. The number of rotatable bonds is 3. The maximum atomic E-state index is 13.0. The zero-order valence-corrected chi connectivity index (χ0v) is 15.9. The van der Waals surface area contributed by atoms with Gasteiger partial charge in [-0.3, -0.25) is 14.5 Å². The average molecular weight is 402 g/mol. The van der Waals surface area contributed by atoms with Gasteiger partial charge in [0, 0.05) is 29.5 Å². The Balaban J connectivity index is 1.55. The van der Waals surface area contributed by atoms with Crippen LogP contribution in [0.5, 0.6) is 0 Å². The summed E-state index contributed by atoms with van der Waals surface area (Å²) in [4.78, 5) is 35.7. The van der Waals surface area contributed by atoms with E-state index in [-0.39, 0.29) is 11.8 Å². The zero-order valence-electron chi connectivity index (χ0n) is 14.3. The number of halogens is 1. The number of aromatic nitrogens is 4. The number of imide groups is 1. The van der Waals surface area contributed by atoms with Crippen LogP contribution < -0.4 is 0 Å². The Bertz CT molecular complexity index is 958. The van der Waals surface area contributed by atoms with E-state index in [1.807, 2.05) is 0 Å². The third-order valence-electron chi connectivity index (χ3n) is 4.32. The van der Waals surface area contributed by atoms with Crippen LogP contribution in [-0.4, -0.2) is 48.1 Å². The Morgan fingerprint density at radius 2 is 2.04 bits per heavy atom. The van der Waals surface area contributed by atoms with Gasteiger partial charge in [0.2, 0.25) is 11.1 Å². The van der Waals surface area contributed by atoms with E-state index in [9.17, 15) is 9.59 Å². The summed E-state index contributed by atoms with van der Waals surface area (Å²) in [6.45, 7) is 0.414. The van der Waals surface area contributed by atoms with Crippen LogP contribution in [-0.2, 0) is 4.79 Å². The van der Waals surface area contributed by atoms with Crippen molar-refractivity contribution in [2.75, 3.05) is 6.54 Å². The van der Waals surface area contributed by atoms with E-state index >= 15 is 0 Å². The molecule has 0 bridgehead atoms. The van der Waals surface area contributed by atoms with E-state index < -0.39 is 5.25 Å². The van der Waals surface area contributed by atoms with Crippen LogP contribution in [0.3, 0.4) is 0 Å². The lowest BCUT2D eigenvalue weighted by Gasteiger charge is -2.21. The summed E-state index contributed by atoms with van der Waals surface area (Å²) in [6, 6.07) is 8.34. The monoisotopic (exact) mass is 401 g/mol. The molecular weight excluding hydrogens is 386 g/mol. The summed E-state index contributed by atoms with van der Waals surface area (Å²) >= 11 is 7.17. The van der Waals surface area contributed by atoms with Crippen LogP contribution in [0, 0.1) is 0 Å². The van der Waals surface area contributed by atoms with Crippen LogP contribution in [0.2, 0.25) is 5.02 Å². The molecular formula is C18H16ClN5O2S. The molecule has 0 N–H and O–H groups in total. The molecule has 0 unspecified atom stereocenters. The van der Waals surface area contributed by atoms with Gasteiger partial charge in [0.1, 0.15) is 0 Å². The quantitative estimate of drug-likeness (QED) is 0.627. The van der Waals surface area contributed by atoms with Crippen molar-refractivity contribution >= 4 is 41.0 Å². The summed E-state index contributed by atoms with van der Waals surface area (Å²) in [6.07, 6.45) is 5.71. The van der Waals surface area contributed by atoms with Crippen molar-refractivity contribution in [2.45, 2.75) is 29.7 Å². The molecule has 3 heterocycles. The van der Waals surface area contributed by atoms with Crippen molar-refractivity contribution in [1.29, 1.82) is 0 Å². The van der Waals surface area contributed by atoms with Gasteiger partial charge < -0.3 is 0 Å². The molecule has 2 aromatic heterocycles. The molecule has 27 heavy (non-hydrogen) atoms. The molecule has 1 aromatic carbocycles. The first-order valence-corrected chi connectivity index (χ1v) is 9.83. The largest absolute Gasteiger partial charge is 0.278 e. The minimum absolute atomic E-state index is 0.204. The SMILES string of the molecule is O=C(c1ccc(Cl)cc1)N1CCCC[C@@H](Sc2nc3ncccn3n2)C1=O. The second kappa shape index (κ2) is 7.66. The molecule has 1 aliphatic heterocycles. The predicted octanol–water partition coefficient (Wildman–Crippen LogP) is 3.09. The van der Waals surface area contributed by atoms with Crippen LogP contribution in [0.4, 0.5) is 0 Å². The fourth-order valence-corrected chi connectivity index (χ4v) is 4.12. The van der Waals surface area contributed by atoms with Crippen LogP contribution >= 0.6 is 23.4 Å². The standard InChI is InChI=1S/C18H16ClN5O2S/c19-13-7-5-12(6-8-13)15(25)23-10-2-1-4-14(16(23)26)27-18-21-17-20-9-3-11-24(17)22-18/h3,5-9,11,14H,1-2,4,10H2/t14-/m1/s1. The molecule has 7 nitrogen and oxygen atoms in total. The van der Waals surface area contributed by atoms with Gasteiger partial charge in [0.15, 0.2) is 0 Å². The first-order valence-electron chi connectivity index (χ1n) is 8.57. The number of hydrogen-bond donors (Lipinski definition) is 0. The van der Waals surface area contributed by atoms with E-state index in [1.165, 1.54) is 16.7 Å². The molecule has 0 aliphatic carbocycles. The molecule has 1 fully saturated rings. The van der Waals surface area contributed by atoms with E-state index in [2.05, 4.69) is 15.1 Å². The van der Waals surface area contributed by atoms with E-state index in [0.717, 1.165) is 12.8 Å². The average Bonchev–Trinajstić information content (AvgIpc) is 3.00. The van der Waals surface area contributed by atoms with E-state index in [4.69, 9.17) is 11.6 Å². The number of fused-ring (bicyclic) bond motifs is 1. The lowest BCUT2D eigenvalue weighted by Crippen LogP contribution is -2.41. The molecule has 4 rings (SSSR count). The van der Waals surface area contributed by atoms with Crippen molar-refractivity contribution in [3.63, 3.8) is 0 Å². The lowest BCUT2D eigenvalue weighted by atomic mass is 10.2. The van der Waals surface area contributed by atoms with Gasteiger partial charge in [0.25, 0.3) is 11.7 Å². The maximum absolute atomic E-state index is 13.0. The third-order valence-corrected chi connectivity index (χ3v) is 5.68. The minimum Gasteiger partial charge on any atom is -0.278 e. The fraction of sp³-hybridized carbons (Fsp3) is 0.278. The molecule has 1 saturated heterocycles. The van der Waals surface area contributed by atoms with E-state index in [1.54, 1.807) is 47.2 Å². The summed E-state index contributed by atoms with van der Waals surface area (Å²) in [7, 11) is 0. The smallest absolute Gasteiger partial charge is 0.260 e. The van der Waals surface area contributed by atoms with Gasteiger partial charge in [-0.05, 0) is 43.2 Å². The highest BCUT2D eigenvalue weighted by molar-refractivity contribution is 8.00. The molecule has 9 heteroatoms. The summed E-state index contributed by atoms with van der Waals surface area (Å²) in [5.74, 6) is -0.0202. The van der Waals surface area contributed by atoms with Crippen LogP contribution in [0.1, 0.15) is 29.6 Å². The highest BCUT2D eigenvalue weighted by Gasteiger charge is 2.33. The van der Waals surface area contributed by atoms with Crippen molar-refractivity contribution in [2.24, 2.45) is 0 Å². The molecule has 2 amide bonds. The number of nitrogens with zero attached hydrogens (tertiary/aromatic N) is 5. The van der Waals surface area contributed by atoms with E-state index in [0.29, 0.717) is 34.5 Å². The number of amides is 2. The first-order chi connectivity index (χ1) is 13.1. The van der Waals surface area contributed by atoms with Crippen LogP contribution in [0.15, 0.2) is 47.9 Å². The first kappa shape index (κ1) is 17.9. The Labute approximate surface area is 164 Å². The molecule has 3 aromatic rings. The Hall–Kier alpha value is -2.45. The number of carbonyl (C=O) groups excluding carboxylic acids is 2. The van der Waals surface area contributed by atoms with Crippen molar-refractivity contribution in [3.05, 3.63) is 53.3 Å². The maximum Gasteiger partial charge on any atom is 0.260 e. The van der Waals surface area contributed by atoms with Gasteiger partial charge >= 0.3 is 0 Å². The van der Waals surface area contributed by atoms with Crippen molar-refractivity contribution in [3.8, 4) is 0 Å². The topological polar surface area (TPSA) is 80.5 Å². The van der Waals surface area contributed by atoms with Crippen molar-refractivity contribution < 1.29 is 9.59 Å². The Kier molecular flexibility index (Phi) is 5.09. The Morgan fingerprint density at radius 1 is 1.22 bits per heavy atom. The number of benzene rings is 1. The number of hydrogen-bond acceptors (Lipinski definition) is 6. The molecule has 138 valence electrons.